The number of rotatable bonds is 6. The van der Waals surface area contributed by atoms with Crippen LogP contribution in [0.15, 0.2) is 91.5 Å². The third-order valence-corrected chi connectivity index (χ3v) is 4.99. The van der Waals surface area contributed by atoms with Crippen LogP contribution in [0.5, 0.6) is 5.75 Å². The first-order valence-corrected chi connectivity index (χ1v) is 9.65. The van der Waals surface area contributed by atoms with Crippen molar-refractivity contribution in [2.24, 2.45) is 0 Å². The average molecular weight is 403 g/mol. The van der Waals surface area contributed by atoms with Crippen LogP contribution in [0.4, 0.5) is 0 Å². The predicted molar refractivity (Wildman–Crippen MR) is 117 cm³/mol. The topological polar surface area (TPSA) is 35.5 Å². The molecular weight excluding hydrogens is 384 g/mol. The van der Waals surface area contributed by atoms with Crippen LogP contribution >= 0.6 is 11.6 Å². The van der Waals surface area contributed by atoms with Gasteiger partial charge >= 0.3 is 5.97 Å². The van der Waals surface area contributed by atoms with E-state index in [1.807, 2.05) is 72.8 Å². The molecule has 0 saturated carbocycles. The molecule has 4 aromatic rings. The van der Waals surface area contributed by atoms with Gasteiger partial charge in [0.25, 0.3) is 0 Å². The summed E-state index contributed by atoms with van der Waals surface area (Å²) in [7, 11) is 0. The third kappa shape index (κ3) is 4.10. The van der Waals surface area contributed by atoms with Gasteiger partial charge in [0.05, 0.1) is 0 Å². The minimum Gasteiger partial charge on any atom is -0.488 e. The summed E-state index contributed by atoms with van der Waals surface area (Å²) in [6.45, 7) is 3.65. The summed E-state index contributed by atoms with van der Waals surface area (Å²) in [4.78, 5) is 11.9. The van der Waals surface area contributed by atoms with Crippen LogP contribution < -0.4 is 4.74 Å². The van der Waals surface area contributed by atoms with Crippen molar-refractivity contribution in [3.8, 4) is 5.75 Å². The average Bonchev–Trinajstić information content (AvgIpc) is 2.76. The summed E-state index contributed by atoms with van der Waals surface area (Å²) in [5.74, 6) is 0.226. The van der Waals surface area contributed by atoms with Crippen molar-refractivity contribution in [3.63, 3.8) is 0 Å². The van der Waals surface area contributed by atoms with Crippen molar-refractivity contribution < 1.29 is 14.3 Å². The number of esters is 1. The molecule has 0 aliphatic rings. The molecule has 0 aliphatic heterocycles. The molecular formula is C25H19ClO3. The van der Waals surface area contributed by atoms with Crippen molar-refractivity contribution in [1.29, 1.82) is 0 Å². The summed E-state index contributed by atoms with van der Waals surface area (Å²) in [6.07, 6.45) is 0.596. The van der Waals surface area contributed by atoms with E-state index in [9.17, 15) is 4.79 Å². The van der Waals surface area contributed by atoms with Gasteiger partial charge in [0.2, 0.25) is 0 Å². The largest absolute Gasteiger partial charge is 0.488 e. The molecule has 144 valence electrons. The Morgan fingerprint density at radius 1 is 0.931 bits per heavy atom. The first-order chi connectivity index (χ1) is 14.2. The lowest BCUT2D eigenvalue weighted by Crippen LogP contribution is -2.17. The Balaban J connectivity index is 1.75. The Bertz CT molecular complexity index is 1180. The highest BCUT2D eigenvalue weighted by Crippen LogP contribution is 2.37. The Labute approximate surface area is 174 Å². The molecule has 4 aromatic carbocycles. The summed E-state index contributed by atoms with van der Waals surface area (Å²) in [5.41, 5.74) is 0.852. The number of carbonyl (C=O) groups is 1. The van der Waals surface area contributed by atoms with Gasteiger partial charge in [0.15, 0.2) is 6.10 Å². The van der Waals surface area contributed by atoms with Crippen molar-refractivity contribution in [1.82, 2.24) is 0 Å². The van der Waals surface area contributed by atoms with Gasteiger partial charge in [-0.3, -0.25) is 0 Å². The van der Waals surface area contributed by atoms with Crippen molar-refractivity contribution in [3.05, 3.63) is 102 Å². The van der Waals surface area contributed by atoms with E-state index in [2.05, 4.69) is 12.6 Å². The molecule has 0 aliphatic carbocycles. The highest BCUT2D eigenvalue weighted by molar-refractivity contribution is 6.31. The van der Waals surface area contributed by atoms with Crippen molar-refractivity contribution in [2.45, 2.75) is 6.10 Å². The van der Waals surface area contributed by atoms with E-state index in [0.29, 0.717) is 5.02 Å². The monoisotopic (exact) mass is 402 g/mol. The van der Waals surface area contributed by atoms with E-state index >= 15 is 0 Å². The van der Waals surface area contributed by atoms with Gasteiger partial charge in [-0.15, -0.1) is 0 Å². The van der Waals surface area contributed by atoms with Crippen LogP contribution in [0, 0.1) is 0 Å². The van der Waals surface area contributed by atoms with Crippen LogP contribution in [0.1, 0.15) is 11.7 Å². The molecule has 0 spiro atoms. The predicted octanol–water partition coefficient (Wildman–Crippen LogP) is 6.50. The fraction of sp³-hybridized carbons (Fsp3) is 0.0800. The maximum atomic E-state index is 11.9. The molecule has 0 amide bonds. The lowest BCUT2D eigenvalue weighted by molar-refractivity contribution is -0.144. The van der Waals surface area contributed by atoms with Gasteiger partial charge in [-0.05, 0) is 34.5 Å². The molecule has 4 heteroatoms. The standard InChI is InChI=1S/C25H19ClO3/c1-2-24(27)29-23(17-8-4-3-5-9-17)16-28-25-21-11-7-6-10-18(21)14-19-12-13-20(26)15-22(19)25/h2-15,23H,1,16H2. The van der Waals surface area contributed by atoms with Crippen LogP contribution in [-0.4, -0.2) is 12.6 Å². The lowest BCUT2D eigenvalue weighted by atomic mass is 10.0. The molecule has 3 nitrogen and oxygen atoms in total. The molecule has 0 fully saturated rings. The van der Waals surface area contributed by atoms with Crippen molar-refractivity contribution >= 4 is 39.1 Å². The summed E-state index contributed by atoms with van der Waals surface area (Å²) >= 11 is 6.25. The minimum atomic E-state index is -0.560. The van der Waals surface area contributed by atoms with E-state index in [4.69, 9.17) is 21.1 Å². The van der Waals surface area contributed by atoms with E-state index < -0.39 is 12.1 Å². The second kappa shape index (κ2) is 8.38. The second-order valence-electron chi connectivity index (χ2n) is 6.64. The molecule has 4 rings (SSSR count). The quantitative estimate of drug-likeness (QED) is 0.210. The van der Waals surface area contributed by atoms with Crippen molar-refractivity contribution in [2.75, 3.05) is 6.61 Å². The van der Waals surface area contributed by atoms with Gasteiger partial charge in [-0.25, -0.2) is 4.79 Å². The van der Waals surface area contributed by atoms with Gasteiger partial charge < -0.3 is 9.47 Å². The number of hydrogen-bond acceptors (Lipinski definition) is 3. The second-order valence-corrected chi connectivity index (χ2v) is 7.08. The molecule has 1 unspecified atom stereocenters. The fourth-order valence-corrected chi connectivity index (χ4v) is 3.53. The number of hydrogen-bond donors (Lipinski definition) is 0. The number of benzene rings is 4. The first kappa shape index (κ1) is 19.0. The Kier molecular flexibility index (Phi) is 5.50. The third-order valence-electron chi connectivity index (χ3n) is 4.75. The summed E-state index contributed by atoms with van der Waals surface area (Å²) < 4.78 is 11.8. The Hall–Kier alpha value is -3.30. The van der Waals surface area contributed by atoms with Crippen LogP contribution in [0.25, 0.3) is 21.5 Å². The van der Waals surface area contributed by atoms with Gasteiger partial charge in [0, 0.05) is 21.9 Å². The maximum absolute atomic E-state index is 11.9. The highest BCUT2D eigenvalue weighted by Gasteiger charge is 2.18. The number of fused-ring (bicyclic) bond motifs is 2. The molecule has 0 radical (unpaired) electrons. The minimum absolute atomic E-state index is 0.166. The SMILES string of the molecule is C=CC(=O)OC(COc1c2ccccc2cc2ccc(Cl)cc12)c1ccccc1. The molecule has 0 aromatic heterocycles. The molecule has 0 bridgehead atoms. The lowest BCUT2D eigenvalue weighted by Gasteiger charge is -2.20. The zero-order valence-corrected chi connectivity index (χ0v) is 16.4. The maximum Gasteiger partial charge on any atom is 0.330 e. The van der Waals surface area contributed by atoms with Gasteiger partial charge in [0.1, 0.15) is 12.4 Å². The molecule has 1 atom stereocenters. The molecule has 29 heavy (non-hydrogen) atoms. The molecule has 0 N–H and O–H groups in total. The van der Waals surface area contributed by atoms with Crippen LogP contribution in [-0.2, 0) is 9.53 Å². The first-order valence-electron chi connectivity index (χ1n) is 9.27. The number of halogens is 1. The fourth-order valence-electron chi connectivity index (χ4n) is 3.36. The number of carbonyl (C=O) groups excluding carboxylic acids is 1. The van der Waals surface area contributed by atoms with Gasteiger partial charge in [-0.1, -0.05) is 78.8 Å². The zero-order valence-electron chi connectivity index (χ0n) is 15.7. The summed E-state index contributed by atoms with van der Waals surface area (Å²) in [5, 5.41) is 4.62. The highest BCUT2D eigenvalue weighted by atomic mass is 35.5. The van der Waals surface area contributed by atoms with Gasteiger partial charge in [-0.2, -0.15) is 0 Å². The summed E-state index contributed by atoms with van der Waals surface area (Å²) in [6, 6.07) is 25.4. The Morgan fingerprint density at radius 2 is 1.66 bits per heavy atom. The number of ether oxygens (including phenoxy) is 2. The van der Waals surface area contributed by atoms with Crippen LogP contribution in [0.3, 0.4) is 0 Å². The Morgan fingerprint density at radius 3 is 2.45 bits per heavy atom. The van der Waals surface area contributed by atoms with E-state index in [0.717, 1.165) is 38.9 Å². The zero-order chi connectivity index (χ0) is 20.2. The smallest absolute Gasteiger partial charge is 0.330 e. The van der Waals surface area contributed by atoms with E-state index in [-0.39, 0.29) is 6.61 Å². The molecule has 0 heterocycles. The van der Waals surface area contributed by atoms with Crippen LogP contribution in [0.2, 0.25) is 5.02 Å². The van der Waals surface area contributed by atoms with E-state index in [1.54, 1.807) is 0 Å². The molecule has 0 saturated heterocycles. The normalized spacial score (nSPS) is 11.9. The van der Waals surface area contributed by atoms with E-state index in [1.165, 1.54) is 0 Å².